The third kappa shape index (κ3) is 5.12. The number of anilines is 1. The standard InChI is InChI=1S/C44H37NO7/c1-26(47)27-12-16-31(17-13-27)45-42(50)34-21-20-33-36(39(34)43(45)51)24-37-41(49)35(28-8-4-2-5-9-28)25-38(48)44(37,30-10-6-3-7-11-30)40(33)29-14-18-32(19-15-29)52-23-22-46/h2-20,25,34,36-37,39-40,46H,21-24H2,1H3/t34-,36+,37-,39-,40-,44-/m0/s1. The summed E-state index contributed by atoms with van der Waals surface area (Å²) in [6.07, 6.45) is 4.06. The lowest BCUT2D eigenvalue weighted by Crippen LogP contribution is -2.58. The molecule has 3 aliphatic carbocycles. The lowest BCUT2D eigenvalue weighted by atomic mass is 9.44. The average Bonchev–Trinajstić information content (AvgIpc) is 3.44. The highest BCUT2D eigenvalue weighted by molar-refractivity contribution is 6.32. The quantitative estimate of drug-likeness (QED) is 0.131. The van der Waals surface area contributed by atoms with Gasteiger partial charge >= 0.3 is 0 Å². The number of fused-ring (bicyclic) bond motifs is 4. The average molecular weight is 692 g/mol. The van der Waals surface area contributed by atoms with Crippen LogP contribution < -0.4 is 9.64 Å². The summed E-state index contributed by atoms with van der Waals surface area (Å²) < 4.78 is 5.68. The van der Waals surface area contributed by atoms with E-state index in [2.05, 4.69) is 0 Å². The summed E-state index contributed by atoms with van der Waals surface area (Å²) in [6.45, 7) is 1.44. The van der Waals surface area contributed by atoms with Crippen LogP contribution in [0.15, 0.2) is 127 Å². The minimum atomic E-state index is -1.33. The van der Waals surface area contributed by atoms with Gasteiger partial charge in [0.05, 0.1) is 29.5 Å². The third-order valence-electron chi connectivity index (χ3n) is 11.5. The molecule has 0 radical (unpaired) electrons. The van der Waals surface area contributed by atoms with Crippen LogP contribution in [0.25, 0.3) is 5.57 Å². The summed E-state index contributed by atoms with van der Waals surface area (Å²) in [5.74, 6) is -3.92. The van der Waals surface area contributed by atoms with Gasteiger partial charge in [0.15, 0.2) is 17.3 Å². The Kier molecular flexibility index (Phi) is 8.42. The molecule has 0 aromatic heterocycles. The van der Waals surface area contributed by atoms with Crippen molar-refractivity contribution in [1.82, 2.24) is 0 Å². The van der Waals surface area contributed by atoms with Crippen LogP contribution in [0.3, 0.4) is 0 Å². The molecule has 1 N–H and O–H groups in total. The SMILES string of the molecule is CC(=O)c1ccc(N2C(=O)[C@H]3[C@H](CC=C4[C@H]3C[C@H]3C(=O)C(c5ccccc5)=CC(=O)[C@@]3(c3ccccc3)[C@H]4c3ccc(OCCO)cc3)C2=O)cc1. The van der Waals surface area contributed by atoms with Crippen molar-refractivity contribution in [2.75, 3.05) is 18.1 Å². The van der Waals surface area contributed by atoms with E-state index in [1.807, 2.05) is 78.9 Å². The van der Waals surface area contributed by atoms with Crippen molar-refractivity contribution in [3.8, 4) is 5.75 Å². The Morgan fingerprint density at radius 1 is 0.827 bits per heavy atom. The number of carbonyl (C=O) groups excluding carboxylic acids is 5. The van der Waals surface area contributed by atoms with Gasteiger partial charge in [0.1, 0.15) is 12.4 Å². The summed E-state index contributed by atoms with van der Waals surface area (Å²) in [6, 6.07) is 32.5. The van der Waals surface area contributed by atoms with Crippen molar-refractivity contribution in [3.63, 3.8) is 0 Å². The van der Waals surface area contributed by atoms with Crippen LogP contribution in [0.4, 0.5) is 5.69 Å². The highest BCUT2D eigenvalue weighted by Gasteiger charge is 2.66. The smallest absolute Gasteiger partial charge is 0.238 e. The van der Waals surface area contributed by atoms with Gasteiger partial charge in [-0.2, -0.15) is 0 Å². The van der Waals surface area contributed by atoms with E-state index in [0.717, 1.165) is 16.7 Å². The molecule has 2 amide bonds. The first kappa shape index (κ1) is 33.4. The van der Waals surface area contributed by atoms with Crippen LogP contribution in [0.2, 0.25) is 0 Å². The predicted molar refractivity (Wildman–Crippen MR) is 195 cm³/mol. The molecule has 1 aliphatic heterocycles. The Hall–Kier alpha value is -5.73. The summed E-state index contributed by atoms with van der Waals surface area (Å²) in [4.78, 5) is 72.0. The molecule has 4 aromatic rings. The van der Waals surface area contributed by atoms with Gasteiger partial charge in [-0.25, -0.2) is 0 Å². The van der Waals surface area contributed by atoms with Crippen molar-refractivity contribution in [2.45, 2.75) is 31.1 Å². The zero-order valence-electron chi connectivity index (χ0n) is 28.6. The Bertz CT molecular complexity index is 2150. The van der Waals surface area contributed by atoms with Gasteiger partial charge in [-0.3, -0.25) is 28.9 Å². The fourth-order valence-corrected chi connectivity index (χ4v) is 9.27. The molecule has 260 valence electrons. The van der Waals surface area contributed by atoms with E-state index >= 15 is 9.59 Å². The fourth-order valence-electron chi connectivity index (χ4n) is 9.27. The third-order valence-corrected chi connectivity index (χ3v) is 11.5. The molecule has 1 heterocycles. The molecule has 0 bridgehead atoms. The lowest BCUT2D eigenvalue weighted by Gasteiger charge is -2.55. The molecular formula is C44H37NO7. The van der Waals surface area contributed by atoms with E-state index in [9.17, 15) is 19.5 Å². The molecule has 4 aliphatic rings. The summed E-state index contributed by atoms with van der Waals surface area (Å²) in [7, 11) is 0. The lowest BCUT2D eigenvalue weighted by molar-refractivity contribution is -0.135. The fraction of sp³-hybridized carbons (Fsp3) is 0.250. The first-order valence-corrected chi connectivity index (χ1v) is 17.7. The number of aliphatic hydroxyl groups is 1. The van der Waals surface area contributed by atoms with Gasteiger partial charge in [0.25, 0.3) is 0 Å². The number of rotatable bonds is 8. The highest BCUT2D eigenvalue weighted by atomic mass is 16.5. The van der Waals surface area contributed by atoms with Gasteiger partial charge in [0, 0.05) is 23.0 Å². The summed E-state index contributed by atoms with van der Waals surface area (Å²) in [5, 5.41) is 9.33. The van der Waals surface area contributed by atoms with E-state index in [1.165, 1.54) is 17.9 Å². The van der Waals surface area contributed by atoms with Gasteiger partial charge in [-0.1, -0.05) is 84.4 Å². The summed E-state index contributed by atoms with van der Waals surface area (Å²) in [5.41, 5.74) is 2.92. The number of Topliss-reactive ketones (excluding diaryl/α,β-unsaturated/α-hetero) is 2. The van der Waals surface area contributed by atoms with Crippen LogP contribution in [0.5, 0.6) is 5.75 Å². The molecule has 1 saturated carbocycles. The number of carbonyl (C=O) groups is 5. The van der Waals surface area contributed by atoms with E-state index < -0.39 is 35.0 Å². The maximum Gasteiger partial charge on any atom is 0.238 e. The maximum absolute atomic E-state index is 15.1. The van der Waals surface area contributed by atoms with Crippen molar-refractivity contribution in [3.05, 3.63) is 149 Å². The number of benzene rings is 4. The largest absolute Gasteiger partial charge is 0.491 e. The number of allylic oxidation sites excluding steroid dienone is 4. The van der Waals surface area contributed by atoms with Crippen LogP contribution in [-0.4, -0.2) is 47.5 Å². The molecule has 0 spiro atoms. The molecule has 8 rings (SSSR count). The zero-order valence-corrected chi connectivity index (χ0v) is 28.6. The molecule has 52 heavy (non-hydrogen) atoms. The molecule has 8 nitrogen and oxygen atoms in total. The number of hydrogen-bond donors (Lipinski definition) is 1. The topological polar surface area (TPSA) is 118 Å². The number of ketones is 3. The second-order valence-electron chi connectivity index (χ2n) is 14.0. The normalized spacial score (nSPS) is 26.6. The van der Waals surface area contributed by atoms with Crippen molar-refractivity contribution < 1.29 is 33.8 Å². The molecule has 1 saturated heterocycles. The number of nitrogens with zero attached hydrogens (tertiary/aromatic N) is 1. The predicted octanol–water partition coefficient (Wildman–Crippen LogP) is 6.29. The monoisotopic (exact) mass is 691 g/mol. The van der Waals surface area contributed by atoms with Crippen LogP contribution in [0, 0.1) is 23.7 Å². The van der Waals surface area contributed by atoms with Crippen LogP contribution in [-0.2, 0) is 24.6 Å². The summed E-state index contributed by atoms with van der Waals surface area (Å²) >= 11 is 0. The van der Waals surface area contributed by atoms with Gasteiger partial charge in [-0.15, -0.1) is 0 Å². The molecule has 8 heteroatoms. The van der Waals surface area contributed by atoms with Crippen molar-refractivity contribution >= 4 is 40.4 Å². The van der Waals surface area contributed by atoms with E-state index in [4.69, 9.17) is 4.74 Å². The van der Waals surface area contributed by atoms with E-state index in [1.54, 1.807) is 36.4 Å². The number of hydrogen-bond acceptors (Lipinski definition) is 7. The van der Waals surface area contributed by atoms with Crippen molar-refractivity contribution in [2.24, 2.45) is 23.7 Å². The van der Waals surface area contributed by atoms with Gasteiger partial charge < -0.3 is 9.84 Å². The number of imide groups is 1. The Labute approximate surface area is 301 Å². The highest BCUT2D eigenvalue weighted by Crippen LogP contribution is 2.63. The van der Waals surface area contributed by atoms with Gasteiger partial charge in [-0.05, 0) is 84.8 Å². The molecule has 0 unspecified atom stereocenters. The first-order valence-electron chi connectivity index (χ1n) is 17.7. The Balaban J connectivity index is 1.31. The molecular weight excluding hydrogens is 654 g/mol. The van der Waals surface area contributed by atoms with Crippen molar-refractivity contribution in [1.29, 1.82) is 0 Å². The minimum absolute atomic E-state index is 0.119. The Morgan fingerprint density at radius 2 is 1.50 bits per heavy atom. The van der Waals surface area contributed by atoms with E-state index in [-0.39, 0.29) is 48.8 Å². The first-order chi connectivity index (χ1) is 25.2. The molecule has 6 atom stereocenters. The Morgan fingerprint density at radius 3 is 2.15 bits per heavy atom. The maximum atomic E-state index is 15.1. The molecule has 2 fully saturated rings. The number of aliphatic hydroxyl groups excluding tert-OH is 1. The van der Waals surface area contributed by atoms with Crippen LogP contribution in [0.1, 0.15) is 52.7 Å². The minimum Gasteiger partial charge on any atom is -0.491 e. The number of ether oxygens (including phenoxy) is 1. The van der Waals surface area contributed by atoms with Gasteiger partial charge in [0.2, 0.25) is 11.8 Å². The molecule has 4 aromatic carbocycles. The second-order valence-corrected chi connectivity index (χ2v) is 14.0. The second kappa shape index (κ2) is 13.1. The zero-order chi connectivity index (χ0) is 36.1. The van der Waals surface area contributed by atoms with E-state index in [0.29, 0.717) is 34.6 Å². The number of amides is 2. The van der Waals surface area contributed by atoms with Crippen LogP contribution >= 0.6 is 0 Å².